The maximum absolute atomic E-state index is 14.4. The minimum Gasteiger partial charge on any atom is -0.349 e. The van der Waals surface area contributed by atoms with Crippen LogP contribution in [0.25, 0.3) is 0 Å². The Hall–Kier alpha value is -2.70. The van der Waals surface area contributed by atoms with Crippen molar-refractivity contribution in [2.24, 2.45) is 16.7 Å². The second-order valence-electron chi connectivity index (χ2n) is 15.5. The van der Waals surface area contributed by atoms with Crippen molar-refractivity contribution >= 4 is 39.4 Å². The van der Waals surface area contributed by atoms with Gasteiger partial charge in [0.25, 0.3) is 5.91 Å². The molecular weight excluding hydrogens is 610 g/mol. The molecule has 4 N–H and O–H groups in total. The monoisotopic (exact) mass is 669 g/mol. The molecule has 1 heterocycles. The molecule has 0 aromatic rings. The average molecular weight is 670 g/mol. The van der Waals surface area contributed by atoms with Crippen LogP contribution in [0.15, 0.2) is 0 Å². The molecule has 1 aliphatic carbocycles. The van der Waals surface area contributed by atoms with E-state index in [-0.39, 0.29) is 30.1 Å². The number of hydrogen-bond acceptors (Lipinski definition) is 7. The summed E-state index contributed by atoms with van der Waals surface area (Å²) in [5.41, 5.74) is -2.05. The highest BCUT2D eigenvalue weighted by Crippen LogP contribution is 2.40. The second-order valence-corrected chi connectivity index (χ2v) is 17.7. The van der Waals surface area contributed by atoms with E-state index in [0.29, 0.717) is 38.6 Å². The maximum Gasteiger partial charge on any atom is 0.315 e. The number of ketones is 1. The van der Waals surface area contributed by atoms with Gasteiger partial charge in [0.1, 0.15) is 21.9 Å². The molecule has 46 heavy (non-hydrogen) atoms. The van der Waals surface area contributed by atoms with E-state index in [1.54, 1.807) is 0 Å². The Kier molecular flexibility index (Phi) is 13.7. The molecule has 1 saturated carbocycles. The largest absolute Gasteiger partial charge is 0.349 e. The smallest absolute Gasteiger partial charge is 0.315 e. The van der Waals surface area contributed by atoms with Gasteiger partial charge in [0.05, 0.1) is 17.3 Å². The Morgan fingerprint density at radius 2 is 1.52 bits per heavy atom. The Labute approximate surface area is 276 Å². The maximum atomic E-state index is 14.4. The van der Waals surface area contributed by atoms with Gasteiger partial charge in [-0.15, -0.1) is 0 Å². The number of rotatable bonds is 13. The Bertz CT molecular complexity index is 1220. The minimum absolute atomic E-state index is 0.183. The number of carbonyl (C=O) groups excluding carboxylic acids is 5. The predicted molar refractivity (Wildman–Crippen MR) is 179 cm³/mol. The zero-order chi connectivity index (χ0) is 35.1. The predicted octanol–water partition coefficient (Wildman–Crippen LogP) is 3.09. The summed E-state index contributed by atoms with van der Waals surface area (Å²) in [6.45, 7) is 15.8. The first-order chi connectivity index (χ1) is 21.2. The van der Waals surface area contributed by atoms with Crippen molar-refractivity contribution < 1.29 is 32.4 Å². The molecule has 0 bridgehead atoms. The average Bonchev–Trinajstić information content (AvgIpc) is 3.39. The van der Waals surface area contributed by atoms with Crippen molar-refractivity contribution in [2.75, 3.05) is 25.1 Å². The van der Waals surface area contributed by atoms with E-state index >= 15 is 0 Å². The number of likely N-dealkylation sites (tertiary alicyclic amines) is 1. The molecule has 4 atom stereocenters. The molecular formula is C33H59N5O7S. The van der Waals surface area contributed by atoms with Crippen LogP contribution in [0.3, 0.4) is 0 Å². The lowest BCUT2D eigenvalue weighted by Crippen LogP contribution is -2.63. The molecule has 2 aliphatic rings. The summed E-state index contributed by atoms with van der Waals surface area (Å²) in [7, 11) is -3.39. The normalized spacial score (nSPS) is 21.5. The van der Waals surface area contributed by atoms with Gasteiger partial charge < -0.3 is 26.2 Å². The fourth-order valence-corrected chi connectivity index (χ4v) is 8.19. The van der Waals surface area contributed by atoms with Crippen LogP contribution in [0.5, 0.6) is 0 Å². The van der Waals surface area contributed by atoms with Gasteiger partial charge in [0.15, 0.2) is 0 Å². The fourth-order valence-electron chi connectivity index (χ4n) is 6.83. The third-order valence-electron chi connectivity index (χ3n) is 9.15. The van der Waals surface area contributed by atoms with E-state index in [4.69, 9.17) is 0 Å². The van der Waals surface area contributed by atoms with E-state index in [2.05, 4.69) is 21.3 Å². The Morgan fingerprint density at radius 3 is 2.02 bits per heavy atom. The number of nitrogens with one attached hydrogen (secondary N) is 4. The van der Waals surface area contributed by atoms with Gasteiger partial charge in [-0.05, 0) is 48.9 Å². The highest BCUT2D eigenvalue weighted by Gasteiger charge is 2.50. The summed E-state index contributed by atoms with van der Waals surface area (Å²) in [5, 5.41) is 11.2. The molecule has 13 heteroatoms. The first-order valence-electron chi connectivity index (χ1n) is 16.8. The first kappa shape index (κ1) is 39.5. The summed E-state index contributed by atoms with van der Waals surface area (Å²) in [6, 6.07) is -3.62. The standard InChI is InChI=1S/C33H59N5O7S/c1-10-15-23(25(39)28(41)34-19-11-2)35-27(40)24-22(31(3,4)5)16-20-38(24)29(42)26(32(6,7)8)36-30(43)37-33(21-46(9,44)45)17-13-12-14-18-33/h22-24,26H,10-21H2,1-9H3,(H,34,41)(H,35,40)(H2,36,37,43)/t22?,23?,24?,26-/m1/s1. The third-order valence-corrected chi connectivity index (χ3v) is 10.2. The van der Waals surface area contributed by atoms with Crippen molar-refractivity contribution in [3.05, 3.63) is 0 Å². The van der Waals surface area contributed by atoms with Crippen LogP contribution in [-0.4, -0.2) is 91.6 Å². The van der Waals surface area contributed by atoms with Crippen LogP contribution >= 0.6 is 0 Å². The molecule has 1 saturated heterocycles. The number of urea groups is 1. The summed E-state index contributed by atoms with van der Waals surface area (Å²) >= 11 is 0. The summed E-state index contributed by atoms with van der Waals surface area (Å²) in [6.07, 6.45) is 6.77. The first-order valence-corrected chi connectivity index (χ1v) is 18.9. The van der Waals surface area contributed by atoms with E-state index in [1.165, 1.54) is 4.90 Å². The van der Waals surface area contributed by atoms with Crippen molar-refractivity contribution in [1.82, 2.24) is 26.2 Å². The lowest BCUT2D eigenvalue weighted by Gasteiger charge is -2.40. The van der Waals surface area contributed by atoms with Gasteiger partial charge in [0.2, 0.25) is 17.6 Å². The molecule has 2 rings (SSSR count). The van der Waals surface area contributed by atoms with Gasteiger partial charge in [0, 0.05) is 19.3 Å². The lowest BCUT2D eigenvalue weighted by molar-refractivity contribution is -0.145. The molecule has 12 nitrogen and oxygen atoms in total. The van der Waals surface area contributed by atoms with E-state index in [1.807, 2.05) is 55.4 Å². The van der Waals surface area contributed by atoms with Gasteiger partial charge in [-0.2, -0.15) is 0 Å². The van der Waals surface area contributed by atoms with Crippen LogP contribution in [-0.2, 0) is 29.0 Å². The highest BCUT2D eigenvalue weighted by molar-refractivity contribution is 7.90. The fraction of sp³-hybridized carbons (Fsp3) is 0.848. The molecule has 3 unspecified atom stereocenters. The Morgan fingerprint density at radius 1 is 0.913 bits per heavy atom. The van der Waals surface area contributed by atoms with Gasteiger partial charge in [-0.3, -0.25) is 19.2 Å². The zero-order valence-corrected chi connectivity index (χ0v) is 30.3. The number of sulfone groups is 1. The molecule has 1 aliphatic heterocycles. The van der Waals surface area contributed by atoms with Crippen LogP contribution < -0.4 is 21.3 Å². The molecule has 0 spiro atoms. The van der Waals surface area contributed by atoms with Crippen molar-refractivity contribution in [2.45, 2.75) is 137 Å². The number of Topliss-reactive ketones (excluding diaryl/α,β-unsaturated/α-hetero) is 1. The van der Waals surface area contributed by atoms with Crippen molar-refractivity contribution in [3.8, 4) is 0 Å². The topological polar surface area (TPSA) is 171 Å². The summed E-state index contributed by atoms with van der Waals surface area (Å²) in [4.78, 5) is 68.9. The second kappa shape index (κ2) is 15.9. The minimum atomic E-state index is -3.39. The number of hydrogen-bond donors (Lipinski definition) is 4. The molecule has 264 valence electrons. The highest BCUT2D eigenvalue weighted by atomic mass is 32.2. The molecule has 2 fully saturated rings. The zero-order valence-electron chi connectivity index (χ0n) is 29.5. The quantitative estimate of drug-likeness (QED) is 0.218. The van der Waals surface area contributed by atoms with Crippen LogP contribution in [0.4, 0.5) is 4.79 Å². The summed E-state index contributed by atoms with van der Waals surface area (Å²) < 4.78 is 24.6. The van der Waals surface area contributed by atoms with Crippen LogP contribution in [0, 0.1) is 16.7 Å². The molecule has 0 aromatic carbocycles. The van der Waals surface area contributed by atoms with Crippen molar-refractivity contribution in [3.63, 3.8) is 0 Å². The van der Waals surface area contributed by atoms with E-state index < -0.39 is 68.5 Å². The number of amides is 5. The third kappa shape index (κ3) is 10.9. The van der Waals surface area contributed by atoms with Gasteiger partial charge in [-0.1, -0.05) is 81.1 Å². The summed E-state index contributed by atoms with van der Waals surface area (Å²) in [5.74, 6) is -2.85. The van der Waals surface area contributed by atoms with Crippen LogP contribution in [0.1, 0.15) is 113 Å². The lowest BCUT2D eigenvalue weighted by atomic mass is 9.75. The Balaban J connectivity index is 2.38. The number of nitrogens with zero attached hydrogens (tertiary/aromatic N) is 1. The van der Waals surface area contributed by atoms with E-state index in [0.717, 1.165) is 25.5 Å². The number of carbonyl (C=O) groups is 5. The molecule has 0 aromatic heterocycles. The SMILES string of the molecule is CCCNC(=O)C(=O)C(CCC)NC(=O)C1C(C(C)(C)C)CCN1C(=O)[C@@H](NC(=O)NC1(CS(C)(=O)=O)CCCCC1)C(C)(C)C. The van der Waals surface area contributed by atoms with E-state index in [9.17, 15) is 32.4 Å². The molecule has 5 amide bonds. The van der Waals surface area contributed by atoms with Gasteiger partial charge >= 0.3 is 6.03 Å². The van der Waals surface area contributed by atoms with Crippen molar-refractivity contribution in [1.29, 1.82) is 0 Å². The van der Waals surface area contributed by atoms with Crippen LogP contribution in [0.2, 0.25) is 0 Å². The molecule has 0 radical (unpaired) electrons. The van der Waals surface area contributed by atoms with Gasteiger partial charge in [-0.25, -0.2) is 13.2 Å².